The number of primary amides is 1. The smallest absolute Gasteiger partial charge is 0.344 e. The number of hydrogen-bond donors (Lipinski definition) is 1. The second-order valence-electron chi connectivity index (χ2n) is 5.56. The predicted molar refractivity (Wildman–Crippen MR) is 86.2 cm³/mol. The van der Waals surface area contributed by atoms with E-state index in [2.05, 4.69) is 0 Å². The highest BCUT2D eigenvalue weighted by Gasteiger charge is 2.30. The summed E-state index contributed by atoms with van der Waals surface area (Å²) in [7, 11) is 0. The molecule has 2 amide bonds. The summed E-state index contributed by atoms with van der Waals surface area (Å²) in [6.45, 7) is -0.493. The van der Waals surface area contributed by atoms with E-state index in [1.54, 1.807) is 24.3 Å². The van der Waals surface area contributed by atoms with Crippen molar-refractivity contribution in [1.82, 2.24) is 4.90 Å². The quantitative estimate of drug-likeness (QED) is 0.742. The number of nitrogens with zero attached hydrogens (tertiary/aromatic N) is 2. The minimum atomic E-state index is -0.742. The Hall–Kier alpha value is -3.08. The van der Waals surface area contributed by atoms with Gasteiger partial charge in [0.15, 0.2) is 13.2 Å². The maximum atomic E-state index is 12.1. The van der Waals surface area contributed by atoms with Crippen molar-refractivity contribution in [2.45, 2.75) is 25.3 Å². The molecule has 0 radical (unpaired) electrons. The summed E-state index contributed by atoms with van der Waals surface area (Å²) in [5.41, 5.74) is 5.60. The van der Waals surface area contributed by atoms with Crippen LogP contribution in [0.5, 0.6) is 5.75 Å². The SMILES string of the molecule is N#Cc1ccccc1OCC(=O)OCC(=O)N1CCCC[C@H]1C(N)=O. The second-order valence-corrected chi connectivity index (χ2v) is 5.56. The molecule has 2 N–H and O–H groups in total. The van der Waals surface area contributed by atoms with Crippen molar-refractivity contribution in [1.29, 1.82) is 5.26 Å². The fraction of sp³-hybridized carbons (Fsp3) is 0.412. The van der Waals surface area contributed by atoms with Gasteiger partial charge in [0, 0.05) is 6.54 Å². The van der Waals surface area contributed by atoms with Gasteiger partial charge >= 0.3 is 5.97 Å². The normalized spacial score (nSPS) is 16.6. The molecule has 0 aliphatic carbocycles. The van der Waals surface area contributed by atoms with Crippen molar-refractivity contribution in [3.8, 4) is 11.8 Å². The number of esters is 1. The molecule has 8 heteroatoms. The number of nitrogens with two attached hydrogens (primary N) is 1. The molecular weight excluding hydrogens is 326 g/mol. The molecule has 0 unspecified atom stereocenters. The van der Waals surface area contributed by atoms with E-state index in [1.807, 2.05) is 6.07 Å². The summed E-state index contributed by atoms with van der Waals surface area (Å²) in [6.07, 6.45) is 2.11. The van der Waals surface area contributed by atoms with Gasteiger partial charge in [-0.15, -0.1) is 0 Å². The molecule has 1 aromatic carbocycles. The van der Waals surface area contributed by atoms with E-state index in [-0.39, 0.29) is 5.75 Å². The molecule has 1 aliphatic heterocycles. The lowest BCUT2D eigenvalue weighted by atomic mass is 10.0. The average molecular weight is 345 g/mol. The van der Waals surface area contributed by atoms with E-state index in [0.717, 1.165) is 12.8 Å². The molecule has 1 heterocycles. The molecular formula is C17H19N3O5. The van der Waals surface area contributed by atoms with Gasteiger partial charge in [-0.25, -0.2) is 4.79 Å². The maximum Gasteiger partial charge on any atom is 0.344 e. The van der Waals surface area contributed by atoms with Gasteiger partial charge in [0.1, 0.15) is 17.9 Å². The molecule has 25 heavy (non-hydrogen) atoms. The number of piperidine rings is 1. The van der Waals surface area contributed by atoms with Crippen molar-refractivity contribution < 1.29 is 23.9 Å². The molecule has 1 atom stereocenters. The summed E-state index contributed by atoms with van der Waals surface area (Å²) in [6, 6.07) is 7.76. The molecule has 0 bridgehead atoms. The molecule has 0 spiro atoms. The average Bonchev–Trinajstić information content (AvgIpc) is 2.64. The van der Waals surface area contributed by atoms with Crippen LogP contribution < -0.4 is 10.5 Å². The topological polar surface area (TPSA) is 123 Å². The van der Waals surface area contributed by atoms with E-state index >= 15 is 0 Å². The highest BCUT2D eigenvalue weighted by atomic mass is 16.6. The zero-order chi connectivity index (χ0) is 18.2. The molecule has 1 aliphatic rings. The van der Waals surface area contributed by atoms with Crippen molar-refractivity contribution in [3.05, 3.63) is 29.8 Å². The van der Waals surface area contributed by atoms with Crippen LogP contribution in [0.2, 0.25) is 0 Å². The highest BCUT2D eigenvalue weighted by Crippen LogP contribution is 2.17. The van der Waals surface area contributed by atoms with Crippen LogP contribution in [0.1, 0.15) is 24.8 Å². The third kappa shape index (κ3) is 4.94. The van der Waals surface area contributed by atoms with Gasteiger partial charge in [-0.2, -0.15) is 5.26 Å². The van der Waals surface area contributed by atoms with E-state index in [1.165, 1.54) is 4.90 Å². The van der Waals surface area contributed by atoms with E-state index in [9.17, 15) is 14.4 Å². The Morgan fingerprint density at radius 2 is 2.00 bits per heavy atom. The zero-order valence-electron chi connectivity index (χ0n) is 13.6. The van der Waals surface area contributed by atoms with Gasteiger partial charge in [-0.05, 0) is 31.4 Å². The van der Waals surface area contributed by atoms with Crippen LogP contribution >= 0.6 is 0 Å². The van der Waals surface area contributed by atoms with Gasteiger partial charge in [0.25, 0.3) is 5.91 Å². The first-order valence-corrected chi connectivity index (χ1v) is 7.89. The van der Waals surface area contributed by atoms with Crippen LogP contribution in [0, 0.1) is 11.3 Å². The number of carbonyl (C=O) groups is 3. The molecule has 1 aromatic rings. The Balaban J connectivity index is 1.82. The Labute approximate surface area is 145 Å². The molecule has 1 fully saturated rings. The van der Waals surface area contributed by atoms with Gasteiger partial charge < -0.3 is 20.1 Å². The van der Waals surface area contributed by atoms with Crippen LogP contribution in [0.25, 0.3) is 0 Å². The highest BCUT2D eigenvalue weighted by molar-refractivity contribution is 5.88. The van der Waals surface area contributed by atoms with Gasteiger partial charge in [-0.1, -0.05) is 12.1 Å². The fourth-order valence-corrected chi connectivity index (χ4v) is 2.61. The van der Waals surface area contributed by atoms with Gasteiger partial charge in [0.2, 0.25) is 5.91 Å². The number of amides is 2. The van der Waals surface area contributed by atoms with Gasteiger partial charge in [0.05, 0.1) is 5.56 Å². The van der Waals surface area contributed by atoms with Crippen molar-refractivity contribution in [2.75, 3.05) is 19.8 Å². The lowest BCUT2D eigenvalue weighted by molar-refractivity contribution is -0.156. The van der Waals surface area contributed by atoms with E-state index < -0.39 is 37.0 Å². The Morgan fingerprint density at radius 1 is 1.24 bits per heavy atom. The molecule has 1 saturated heterocycles. The third-order valence-corrected chi connectivity index (χ3v) is 3.86. The number of rotatable bonds is 6. The summed E-state index contributed by atoms with van der Waals surface area (Å²) in [5, 5.41) is 8.94. The lowest BCUT2D eigenvalue weighted by Crippen LogP contribution is -2.51. The second kappa shape index (κ2) is 8.68. The van der Waals surface area contributed by atoms with Crippen LogP contribution in [0.3, 0.4) is 0 Å². The first-order valence-electron chi connectivity index (χ1n) is 7.89. The Bertz CT molecular complexity index is 698. The van der Waals surface area contributed by atoms with Crippen molar-refractivity contribution in [3.63, 3.8) is 0 Å². The predicted octanol–water partition coefficient (Wildman–Crippen LogP) is 0.347. The summed E-state index contributed by atoms with van der Waals surface area (Å²) in [5.74, 6) is -1.50. The molecule has 0 saturated carbocycles. The van der Waals surface area contributed by atoms with E-state index in [4.69, 9.17) is 20.5 Å². The maximum absolute atomic E-state index is 12.1. The van der Waals surface area contributed by atoms with Crippen molar-refractivity contribution >= 4 is 17.8 Å². The first-order chi connectivity index (χ1) is 12.0. The van der Waals surface area contributed by atoms with Crippen molar-refractivity contribution in [2.24, 2.45) is 5.73 Å². The van der Waals surface area contributed by atoms with E-state index in [0.29, 0.717) is 18.5 Å². The van der Waals surface area contributed by atoms with Crippen LogP contribution in [0.15, 0.2) is 24.3 Å². The number of benzene rings is 1. The number of carbonyl (C=O) groups excluding carboxylic acids is 3. The lowest BCUT2D eigenvalue weighted by Gasteiger charge is -2.33. The molecule has 132 valence electrons. The largest absolute Gasteiger partial charge is 0.481 e. The van der Waals surface area contributed by atoms with Crippen LogP contribution in [0.4, 0.5) is 0 Å². The third-order valence-electron chi connectivity index (χ3n) is 3.86. The molecule has 8 nitrogen and oxygen atoms in total. The monoisotopic (exact) mass is 345 g/mol. The van der Waals surface area contributed by atoms with Gasteiger partial charge in [-0.3, -0.25) is 9.59 Å². The van der Waals surface area contributed by atoms with Crippen LogP contribution in [-0.4, -0.2) is 48.5 Å². The number of hydrogen-bond acceptors (Lipinski definition) is 6. The standard InChI is InChI=1S/C17H19N3O5/c18-9-12-5-1-2-7-14(12)24-11-16(22)25-10-15(21)20-8-4-3-6-13(20)17(19)23/h1-2,5,7,13H,3-4,6,8,10-11H2,(H2,19,23)/t13-/m0/s1. The fourth-order valence-electron chi connectivity index (χ4n) is 2.61. The summed E-state index contributed by atoms with van der Waals surface area (Å²) in [4.78, 5) is 36.6. The summed E-state index contributed by atoms with van der Waals surface area (Å²) < 4.78 is 10.1. The molecule has 0 aromatic heterocycles. The minimum Gasteiger partial charge on any atom is -0.481 e. The summed E-state index contributed by atoms with van der Waals surface area (Å²) >= 11 is 0. The number of likely N-dealkylation sites (tertiary alicyclic amines) is 1. The zero-order valence-corrected chi connectivity index (χ0v) is 13.6. The minimum absolute atomic E-state index is 0.262. The number of nitriles is 1. The Kier molecular flexibility index (Phi) is 6.34. The number of ether oxygens (including phenoxy) is 2. The Morgan fingerprint density at radius 3 is 2.72 bits per heavy atom. The van der Waals surface area contributed by atoms with Crippen LogP contribution in [-0.2, 0) is 19.1 Å². The first kappa shape index (κ1) is 18.3. The molecule has 2 rings (SSSR count). The number of para-hydroxylation sites is 1.